The van der Waals surface area contributed by atoms with Crippen molar-refractivity contribution in [2.24, 2.45) is 0 Å². The summed E-state index contributed by atoms with van der Waals surface area (Å²) in [5.41, 5.74) is 2.69. The first kappa shape index (κ1) is 11.5. The largest absolute Gasteiger partial charge is 0.115 e. The van der Waals surface area contributed by atoms with Crippen molar-refractivity contribution in [3.8, 4) is 24.2 Å². The van der Waals surface area contributed by atoms with E-state index in [1.807, 2.05) is 48.5 Å². The Kier molecular flexibility index (Phi) is 3.66. The molecule has 0 atom stereocenters. The van der Waals surface area contributed by atoms with Gasteiger partial charge in [-0.15, -0.1) is 6.42 Å². The third kappa shape index (κ3) is 3.00. The number of rotatable bonds is 0. The van der Waals surface area contributed by atoms with Gasteiger partial charge in [0.2, 0.25) is 0 Å². The first-order chi connectivity index (χ1) is 8.29. The number of terminal acetylenes is 1. The smallest absolute Gasteiger partial charge is 0.0405 e. The molecule has 0 heterocycles. The zero-order valence-corrected chi connectivity index (χ0v) is 10.7. The molecule has 0 nitrogen and oxygen atoms in total. The standard InChI is InChI=1S/C16H9Br/c1-2-14-5-3-4-6-15(14)10-7-13-8-11-16(17)12-9-13/h1,3-6,8-9,11-12H. The summed E-state index contributed by atoms with van der Waals surface area (Å²) in [6.07, 6.45) is 5.42. The molecule has 0 radical (unpaired) electrons. The molecule has 0 saturated heterocycles. The van der Waals surface area contributed by atoms with Crippen LogP contribution < -0.4 is 0 Å². The molecule has 2 aromatic carbocycles. The van der Waals surface area contributed by atoms with Gasteiger partial charge in [0, 0.05) is 21.2 Å². The van der Waals surface area contributed by atoms with E-state index in [4.69, 9.17) is 6.42 Å². The normalized spacial score (nSPS) is 8.94. The van der Waals surface area contributed by atoms with Crippen molar-refractivity contribution in [3.05, 3.63) is 69.7 Å². The lowest BCUT2D eigenvalue weighted by Gasteiger charge is -1.94. The number of hydrogen-bond donors (Lipinski definition) is 0. The number of hydrogen-bond acceptors (Lipinski definition) is 0. The average molecular weight is 281 g/mol. The fraction of sp³-hybridized carbons (Fsp3) is 0. The van der Waals surface area contributed by atoms with E-state index in [2.05, 4.69) is 33.7 Å². The molecule has 2 aromatic rings. The van der Waals surface area contributed by atoms with E-state index in [-0.39, 0.29) is 0 Å². The molecular formula is C16H9Br. The third-order valence-corrected chi connectivity index (χ3v) is 2.80. The highest BCUT2D eigenvalue weighted by Crippen LogP contribution is 2.10. The minimum atomic E-state index is 0.831. The predicted octanol–water partition coefficient (Wildman–Crippen LogP) is 3.83. The molecule has 0 bridgehead atoms. The highest BCUT2D eigenvalue weighted by atomic mass is 79.9. The highest BCUT2D eigenvalue weighted by Gasteiger charge is 1.93. The Morgan fingerprint density at radius 3 is 2.12 bits per heavy atom. The second-order valence-corrected chi connectivity index (χ2v) is 4.36. The Hall–Kier alpha value is -1.96. The maximum absolute atomic E-state index is 5.42. The molecule has 0 spiro atoms. The monoisotopic (exact) mass is 280 g/mol. The lowest BCUT2D eigenvalue weighted by Crippen LogP contribution is -1.82. The van der Waals surface area contributed by atoms with Crippen LogP contribution in [0.3, 0.4) is 0 Å². The molecule has 1 heteroatoms. The molecule has 0 N–H and O–H groups in total. The van der Waals surface area contributed by atoms with Crippen LogP contribution in [0, 0.1) is 24.2 Å². The van der Waals surface area contributed by atoms with Crippen molar-refractivity contribution in [2.45, 2.75) is 0 Å². The summed E-state index contributed by atoms with van der Waals surface area (Å²) in [6.45, 7) is 0. The van der Waals surface area contributed by atoms with E-state index in [1.54, 1.807) is 0 Å². The van der Waals surface area contributed by atoms with Crippen LogP contribution in [0.15, 0.2) is 53.0 Å². The van der Waals surface area contributed by atoms with Crippen LogP contribution in [0.25, 0.3) is 0 Å². The molecule has 0 unspecified atom stereocenters. The molecule has 0 amide bonds. The summed E-state index contributed by atoms with van der Waals surface area (Å²) >= 11 is 3.39. The number of halogens is 1. The first-order valence-corrected chi connectivity index (χ1v) is 5.92. The predicted molar refractivity (Wildman–Crippen MR) is 74.5 cm³/mol. The van der Waals surface area contributed by atoms with Crippen LogP contribution in [0.2, 0.25) is 0 Å². The van der Waals surface area contributed by atoms with Gasteiger partial charge in [0.25, 0.3) is 0 Å². The fourth-order valence-corrected chi connectivity index (χ4v) is 1.66. The summed E-state index contributed by atoms with van der Waals surface area (Å²) in [7, 11) is 0. The van der Waals surface area contributed by atoms with Gasteiger partial charge in [-0.3, -0.25) is 0 Å². The molecule has 80 valence electrons. The van der Waals surface area contributed by atoms with Gasteiger partial charge in [-0.1, -0.05) is 45.8 Å². The molecule has 0 aliphatic carbocycles. The van der Waals surface area contributed by atoms with Crippen LogP contribution in [-0.2, 0) is 0 Å². The molecule has 0 fully saturated rings. The van der Waals surface area contributed by atoms with Crippen LogP contribution in [-0.4, -0.2) is 0 Å². The van der Waals surface area contributed by atoms with E-state index in [9.17, 15) is 0 Å². The Morgan fingerprint density at radius 2 is 1.47 bits per heavy atom. The van der Waals surface area contributed by atoms with Crippen molar-refractivity contribution in [1.82, 2.24) is 0 Å². The van der Waals surface area contributed by atoms with Crippen LogP contribution in [0.1, 0.15) is 16.7 Å². The minimum Gasteiger partial charge on any atom is -0.115 e. The van der Waals surface area contributed by atoms with Crippen molar-refractivity contribution in [3.63, 3.8) is 0 Å². The molecule has 17 heavy (non-hydrogen) atoms. The fourth-order valence-electron chi connectivity index (χ4n) is 1.39. The minimum absolute atomic E-state index is 0.831. The van der Waals surface area contributed by atoms with E-state index in [0.717, 1.165) is 21.2 Å². The summed E-state index contributed by atoms with van der Waals surface area (Å²) in [5, 5.41) is 0. The van der Waals surface area contributed by atoms with E-state index in [0.29, 0.717) is 0 Å². The highest BCUT2D eigenvalue weighted by molar-refractivity contribution is 9.10. The van der Waals surface area contributed by atoms with Gasteiger partial charge in [-0.05, 0) is 36.4 Å². The summed E-state index contributed by atoms with van der Waals surface area (Å²) < 4.78 is 1.05. The van der Waals surface area contributed by atoms with Gasteiger partial charge in [-0.25, -0.2) is 0 Å². The van der Waals surface area contributed by atoms with Gasteiger partial charge in [0.15, 0.2) is 0 Å². The Labute approximate surface area is 110 Å². The second-order valence-electron chi connectivity index (χ2n) is 3.45. The van der Waals surface area contributed by atoms with Crippen LogP contribution in [0.5, 0.6) is 0 Å². The molecule has 0 aliphatic rings. The van der Waals surface area contributed by atoms with Crippen LogP contribution >= 0.6 is 15.9 Å². The molecule has 0 aliphatic heterocycles. The lowest BCUT2D eigenvalue weighted by molar-refractivity contribution is 1.57. The van der Waals surface area contributed by atoms with Crippen LogP contribution in [0.4, 0.5) is 0 Å². The van der Waals surface area contributed by atoms with Crippen molar-refractivity contribution >= 4 is 15.9 Å². The van der Waals surface area contributed by atoms with Gasteiger partial charge >= 0.3 is 0 Å². The Morgan fingerprint density at radius 1 is 0.824 bits per heavy atom. The maximum atomic E-state index is 5.42. The van der Waals surface area contributed by atoms with Crippen molar-refractivity contribution in [2.75, 3.05) is 0 Å². The van der Waals surface area contributed by atoms with Gasteiger partial charge < -0.3 is 0 Å². The quantitative estimate of drug-likeness (QED) is 0.644. The van der Waals surface area contributed by atoms with Crippen molar-refractivity contribution in [1.29, 1.82) is 0 Å². The summed E-state index contributed by atoms with van der Waals surface area (Å²) in [5.74, 6) is 8.82. The van der Waals surface area contributed by atoms with Gasteiger partial charge in [0.05, 0.1) is 0 Å². The second kappa shape index (κ2) is 5.39. The average Bonchev–Trinajstić information content (AvgIpc) is 2.38. The zero-order chi connectivity index (χ0) is 12.1. The molecule has 0 aromatic heterocycles. The van der Waals surface area contributed by atoms with E-state index in [1.165, 1.54) is 0 Å². The third-order valence-electron chi connectivity index (χ3n) is 2.27. The SMILES string of the molecule is C#Cc1ccccc1C#Cc1ccc(Br)cc1. The Bertz CT molecular complexity index is 619. The topological polar surface area (TPSA) is 0 Å². The maximum Gasteiger partial charge on any atom is 0.0405 e. The summed E-state index contributed by atoms with van der Waals surface area (Å²) in [6, 6.07) is 15.6. The molecule has 2 rings (SSSR count). The number of benzene rings is 2. The Balaban J connectivity index is 2.33. The van der Waals surface area contributed by atoms with E-state index < -0.39 is 0 Å². The first-order valence-electron chi connectivity index (χ1n) is 5.13. The summed E-state index contributed by atoms with van der Waals surface area (Å²) in [4.78, 5) is 0. The zero-order valence-electron chi connectivity index (χ0n) is 9.07. The molecule has 0 saturated carbocycles. The van der Waals surface area contributed by atoms with Crippen molar-refractivity contribution < 1.29 is 0 Å². The van der Waals surface area contributed by atoms with Gasteiger partial charge in [0.1, 0.15) is 0 Å². The lowest BCUT2D eigenvalue weighted by atomic mass is 10.1. The van der Waals surface area contributed by atoms with E-state index >= 15 is 0 Å². The van der Waals surface area contributed by atoms with Gasteiger partial charge in [-0.2, -0.15) is 0 Å². The molecular weight excluding hydrogens is 272 g/mol.